The minimum Gasteiger partial charge on any atom is -0.359 e. The average molecular weight is 159 g/mol. The van der Waals surface area contributed by atoms with E-state index in [1.807, 2.05) is 13.8 Å². The van der Waals surface area contributed by atoms with Gasteiger partial charge in [-0.1, -0.05) is 13.8 Å². The molecule has 0 aromatic carbocycles. The lowest BCUT2D eigenvalue weighted by atomic mass is 9.99. The quantitative estimate of drug-likeness (QED) is 0.351. The molecule has 0 spiro atoms. The molecule has 4 nitrogen and oxygen atoms in total. The van der Waals surface area contributed by atoms with E-state index >= 15 is 0 Å². The molecule has 1 heterocycles. The molecule has 0 N–H and O–H groups in total. The zero-order chi connectivity index (χ0) is 8.65. The molecule has 11 heavy (non-hydrogen) atoms. The van der Waals surface area contributed by atoms with Gasteiger partial charge >= 0.3 is 0 Å². The van der Waals surface area contributed by atoms with Crippen LogP contribution in [-0.2, 0) is 4.74 Å². The maximum atomic E-state index is 10.1. The first-order valence-electron chi connectivity index (χ1n) is 3.75. The number of hydrogen-bond acceptors (Lipinski definition) is 3. The fraction of sp³-hybridized carbons (Fsp3) is 1.00. The van der Waals surface area contributed by atoms with Crippen LogP contribution in [0.15, 0.2) is 0 Å². The van der Waals surface area contributed by atoms with Gasteiger partial charge in [-0.25, -0.2) is 0 Å². The zero-order valence-electron chi connectivity index (χ0n) is 7.03. The van der Waals surface area contributed by atoms with Crippen LogP contribution in [0.5, 0.6) is 0 Å². The van der Waals surface area contributed by atoms with Crippen molar-refractivity contribution in [3.8, 4) is 0 Å². The summed E-state index contributed by atoms with van der Waals surface area (Å²) in [6.07, 6.45) is 0.0768. The van der Waals surface area contributed by atoms with Crippen LogP contribution in [0, 0.1) is 16.0 Å². The second-order valence-electron chi connectivity index (χ2n) is 3.59. The molecule has 0 aromatic rings. The van der Waals surface area contributed by atoms with Crippen molar-refractivity contribution in [1.82, 2.24) is 0 Å². The molecule has 1 aliphatic rings. The highest BCUT2D eigenvalue weighted by Crippen LogP contribution is 2.40. The van der Waals surface area contributed by atoms with E-state index in [4.69, 9.17) is 4.74 Å². The van der Waals surface area contributed by atoms with Crippen molar-refractivity contribution in [3.05, 3.63) is 10.1 Å². The molecule has 2 atom stereocenters. The summed E-state index contributed by atoms with van der Waals surface area (Å²) in [6, 6.07) is 0. The first-order valence-corrected chi connectivity index (χ1v) is 3.75. The average Bonchev–Trinajstić information content (AvgIpc) is 2.39. The molecule has 1 fully saturated rings. The van der Waals surface area contributed by atoms with Crippen LogP contribution in [-0.4, -0.2) is 23.2 Å². The van der Waals surface area contributed by atoms with Crippen LogP contribution in [0.2, 0.25) is 0 Å². The molecular weight excluding hydrogens is 146 g/mol. The van der Waals surface area contributed by atoms with Crippen molar-refractivity contribution in [2.75, 3.05) is 6.54 Å². The Kier molecular flexibility index (Phi) is 1.88. The topological polar surface area (TPSA) is 55.7 Å². The number of ether oxygens (including phenoxy) is 1. The molecule has 0 saturated carbocycles. The molecule has 1 saturated heterocycles. The number of nitrogens with zero attached hydrogens (tertiary/aromatic N) is 1. The number of epoxide rings is 1. The lowest BCUT2D eigenvalue weighted by molar-refractivity contribution is -0.488. The van der Waals surface area contributed by atoms with Gasteiger partial charge in [-0.2, -0.15) is 0 Å². The first-order chi connectivity index (χ1) is 4.96. The minimum atomic E-state index is -0.488. The van der Waals surface area contributed by atoms with Gasteiger partial charge in [0.2, 0.25) is 6.54 Å². The molecule has 0 bridgehead atoms. The second-order valence-corrected chi connectivity index (χ2v) is 3.59. The third-order valence-corrected chi connectivity index (χ3v) is 1.99. The third-order valence-electron chi connectivity index (χ3n) is 1.99. The zero-order valence-corrected chi connectivity index (χ0v) is 7.03. The fourth-order valence-electron chi connectivity index (χ4n) is 1.48. The van der Waals surface area contributed by atoms with Gasteiger partial charge in [-0.05, 0) is 12.8 Å². The fourth-order valence-corrected chi connectivity index (χ4v) is 1.48. The molecule has 2 unspecified atom stereocenters. The van der Waals surface area contributed by atoms with Crippen molar-refractivity contribution in [2.45, 2.75) is 32.5 Å². The van der Waals surface area contributed by atoms with Gasteiger partial charge < -0.3 is 4.74 Å². The van der Waals surface area contributed by atoms with Gasteiger partial charge in [0.25, 0.3) is 0 Å². The first kappa shape index (κ1) is 8.46. The highest BCUT2D eigenvalue weighted by atomic mass is 16.7. The Morgan fingerprint density at radius 2 is 2.27 bits per heavy atom. The van der Waals surface area contributed by atoms with E-state index in [1.54, 1.807) is 6.92 Å². The predicted octanol–water partition coefficient (Wildman–Crippen LogP) is 1.08. The minimum absolute atomic E-state index is 0.0736. The van der Waals surface area contributed by atoms with E-state index in [-0.39, 0.29) is 17.6 Å². The Morgan fingerprint density at radius 1 is 1.73 bits per heavy atom. The Balaban J connectivity index is 2.42. The van der Waals surface area contributed by atoms with Crippen molar-refractivity contribution in [3.63, 3.8) is 0 Å². The van der Waals surface area contributed by atoms with Crippen molar-refractivity contribution >= 4 is 0 Å². The highest BCUT2D eigenvalue weighted by molar-refractivity contribution is 5.00. The summed E-state index contributed by atoms with van der Waals surface area (Å²) in [7, 11) is 0. The molecule has 0 amide bonds. The molecule has 0 radical (unpaired) electrons. The molecule has 4 heteroatoms. The summed E-state index contributed by atoms with van der Waals surface area (Å²) in [5, 5.41) is 10.1. The normalized spacial score (nSPS) is 35.8. The summed E-state index contributed by atoms with van der Waals surface area (Å²) >= 11 is 0. The molecule has 1 rings (SSSR count). The summed E-state index contributed by atoms with van der Waals surface area (Å²) in [5.41, 5.74) is -0.488. The Bertz CT molecular complexity index is 181. The Hall–Kier alpha value is -0.640. The van der Waals surface area contributed by atoms with Crippen LogP contribution in [0.3, 0.4) is 0 Å². The Morgan fingerprint density at radius 3 is 2.55 bits per heavy atom. The number of hydrogen-bond donors (Lipinski definition) is 0. The smallest absolute Gasteiger partial charge is 0.234 e. The molecule has 64 valence electrons. The second kappa shape index (κ2) is 2.44. The monoisotopic (exact) mass is 159 g/mol. The van der Waals surface area contributed by atoms with E-state index in [0.29, 0.717) is 5.92 Å². The molecular formula is C7H13NO3. The van der Waals surface area contributed by atoms with E-state index in [9.17, 15) is 10.1 Å². The number of nitro groups is 1. The maximum absolute atomic E-state index is 10.1. The van der Waals surface area contributed by atoms with Crippen molar-refractivity contribution in [1.29, 1.82) is 0 Å². The largest absolute Gasteiger partial charge is 0.359 e. The SMILES string of the molecule is CC(C)C1OC1(C)C[N+](=O)[O-]. The highest BCUT2D eigenvalue weighted by Gasteiger charge is 2.57. The van der Waals surface area contributed by atoms with Crippen LogP contribution in [0.4, 0.5) is 0 Å². The van der Waals surface area contributed by atoms with E-state index in [0.717, 1.165) is 0 Å². The lowest BCUT2D eigenvalue weighted by Crippen LogP contribution is -2.24. The van der Waals surface area contributed by atoms with E-state index < -0.39 is 5.60 Å². The number of rotatable bonds is 3. The van der Waals surface area contributed by atoms with Gasteiger partial charge in [0.05, 0.1) is 6.10 Å². The van der Waals surface area contributed by atoms with Crippen molar-refractivity contribution in [2.24, 2.45) is 5.92 Å². The van der Waals surface area contributed by atoms with Gasteiger partial charge in [0.1, 0.15) is 0 Å². The van der Waals surface area contributed by atoms with Crippen molar-refractivity contribution < 1.29 is 9.66 Å². The van der Waals surface area contributed by atoms with Gasteiger partial charge in [0.15, 0.2) is 5.60 Å². The van der Waals surface area contributed by atoms with Crippen LogP contribution in [0.25, 0.3) is 0 Å². The molecule has 1 aliphatic heterocycles. The summed E-state index contributed by atoms with van der Waals surface area (Å²) in [4.78, 5) is 9.83. The van der Waals surface area contributed by atoms with E-state index in [1.165, 1.54) is 0 Å². The summed E-state index contributed by atoms with van der Waals surface area (Å²) in [6.45, 7) is 5.74. The summed E-state index contributed by atoms with van der Waals surface area (Å²) in [5.74, 6) is 0.375. The van der Waals surface area contributed by atoms with Gasteiger partial charge in [-0.15, -0.1) is 0 Å². The summed E-state index contributed by atoms with van der Waals surface area (Å²) < 4.78 is 5.24. The van der Waals surface area contributed by atoms with Gasteiger partial charge in [0, 0.05) is 4.92 Å². The molecule has 0 aliphatic carbocycles. The van der Waals surface area contributed by atoms with Crippen LogP contribution >= 0.6 is 0 Å². The van der Waals surface area contributed by atoms with Crippen LogP contribution in [0.1, 0.15) is 20.8 Å². The predicted molar refractivity (Wildman–Crippen MR) is 40.0 cm³/mol. The lowest BCUT2D eigenvalue weighted by Gasteiger charge is -2.01. The van der Waals surface area contributed by atoms with E-state index in [2.05, 4.69) is 0 Å². The standard InChI is InChI=1S/C7H13NO3/c1-5(2)6-7(3,11-6)4-8(9)10/h5-6H,4H2,1-3H3. The maximum Gasteiger partial charge on any atom is 0.234 e. The van der Waals surface area contributed by atoms with Gasteiger partial charge in [-0.3, -0.25) is 10.1 Å². The third kappa shape index (κ3) is 1.68. The molecule has 0 aromatic heterocycles. The van der Waals surface area contributed by atoms with Crippen LogP contribution < -0.4 is 0 Å². The Labute approximate surface area is 65.7 Å².